The lowest BCUT2D eigenvalue weighted by atomic mass is 9.87. The quantitative estimate of drug-likeness (QED) is 0.368. The molecule has 0 bridgehead atoms. The third kappa shape index (κ3) is 3.36. The first-order valence-corrected chi connectivity index (χ1v) is 7.10. The van der Waals surface area contributed by atoms with Crippen LogP contribution in [0, 0.1) is 0 Å². The molecule has 0 saturated carbocycles. The maximum atomic E-state index is 12.2. The molecule has 0 fully saturated rings. The van der Waals surface area contributed by atoms with Crippen LogP contribution in [-0.4, -0.2) is 50.5 Å². The van der Waals surface area contributed by atoms with Crippen LogP contribution < -0.4 is 0 Å². The highest BCUT2D eigenvalue weighted by Gasteiger charge is 2.58. The van der Waals surface area contributed by atoms with Gasteiger partial charge in [-0.05, 0) is 6.42 Å². The van der Waals surface area contributed by atoms with Crippen molar-refractivity contribution >= 4 is 11.8 Å². The van der Waals surface area contributed by atoms with Gasteiger partial charge in [-0.15, -0.1) is 0 Å². The van der Waals surface area contributed by atoms with Crippen LogP contribution in [0.5, 0.6) is 0 Å². The Morgan fingerprint density at radius 2 is 1.86 bits per heavy atom. The van der Waals surface area contributed by atoms with Gasteiger partial charge < -0.3 is 25.2 Å². The van der Waals surface area contributed by atoms with Gasteiger partial charge in [-0.2, -0.15) is 0 Å². The minimum Gasteiger partial charge on any atom is -0.505 e. The molecule has 0 aliphatic carbocycles. The van der Waals surface area contributed by atoms with Crippen molar-refractivity contribution in [3.63, 3.8) is 0 Å². The van der Waals surface area contributed by atoms with Crippen LogP contribution in [0.4, 0.5) is 0 Å². The van der Waals surface area contributed by atoms with Gasteiger partial charge in [-0.3, -0.25) is 4.79 Å². The van der Waals surface area contributed by atoms with E-state index in [0.717, 1.165) is 25.7 Å². The number of carbonyl (C=O) groups is 2. The summed E-state index contributed by atoms with van der Waals surface area (Å²) in [6, 6.07) is 0. The fraction of sp³-hybridized carbons (Fsp3) is 0.714. The summed E-state index contributed by atoms with van der Waals surface area (Å²) in [7, 11) is 0. The molecular formula is C14H22O7. The molecule has 0 aromatic heterocycles. The topological polar surface area (TPSA) is 124 Å². The summed E-state index contributed by atoms with van der Waals surface area (Å²) >= 11 is 0. The van der Waals surface area contributed by atoms with E-state index in [1.54, 1.807) is 0 Å². The Hall–Kier alpha value is -1.60. The first-order chi connectivity index (χ1) is 9.91. The van der Waals surface area contributed by atoms with Gasteiger partial charge in [-0.1, -0.05) is 32.6 Å². The zero-order valence-corrected chi connectivity index (χ0v) is 12.0. The van der Waals surface area contributed by atoms with Crippen LogP contribution >= 0.6 is 0 Å². The fourth-order valence-electron chi connectivity index (χ4n) is 2.32. The highest BCUT2D eigenvalue weighted by molar-refractivity contribution is 6.01. The zero-order chi connectivity index (χ0) is 16.0. The highest BCUT2D eigenvalue weighted by atomic mass is 16.6. The highest BCUT2D eigenvalue weighted by Crippen LogP contribution is 2.35. The second-order valence-electron chi connectivity index (χ2n) is 5.11. The first kappa shape index (κ1) is 17.5. The summed E-state index contributed by atoms with van der Waals surface area (Å²) in [6.45, 7) is 1.16. The normalized spacial score (nSPS) is 23.3. The number of hydrogen-bond acceptors (Lipinski definition) is 7. The molecule has 0 aromatic carbocycles. The van der Waals surface area contributed by atoms with Crippen molar-refractivity contribution in [3.8, 4) is 0 Å². The monoisotopic (exact) mass is 302 g/mol. The molecule has 7 heteroatoms. The zero-order valence-electron chi connectivity index (χ0n) is 12.0. The predicted molar refractivity (Wildman–Crippen MR) is 72.6 cm³/mol. The van der Waals surface area contributed by atoms with Crippen LogP contribution in [0.15, 0.2) is 11.5 Å². The van der Waals surface area contributed by atoms with Gasteiger partial charge in [0.25, 0.3) is 5.60 Å². The van der Waals surface area contributed by atoms with Crippen LogP contribution in [0.1, 0.15) is 45.4 Å². The second kappa shape index (κ2) is 7.42. The maximum absolute atomic E-state index is 12.2. The molecule has 0 spiro atoms. The van der Waals surface area contributed by atoms with Crippen molar-refractivity contribution in [2.45, 2.75) is 57.2 Å². The van der Waals surface area contributed by atoms with Crippen LogP contribution in [0.3, 0.4) is 0 Å². The second-order valence-corrected chi connectivity index (χ2v) is 5.11. The van der Waals surface area contributed by atoms with E-state index in [4.69, 9.17) is 9.84 Å². The van der Waals surface area contributed by atoms with Crippen molar-refractivity contribution in [3.05, 3.63) is 11.5 Å². The molecule has 0 amide bonds. The van der Waals surface area contributed by atoms with Gasteiger partial charge in [0, 0.05) is 6.42 Å². The Kier molecular flexibility index (Phi) is 6.17. The maximum Gasteiger partial charge on any atom is 0.378 e. The Morgan fingerprint density at radius 1 is 1.24 bits per heavy atom. The molecule has 120 valence electrons. The van der Waals surface area contributed by atoms with Crippen molar-refractivity contribution in [1.82, 2.24) is 0 Å². The van der Waals surface area contributed by atoms with Gasteiger partial charge >= 0.3 is 5.97 Å². The van der Waals surface area contributed by atoms with E-state index in [9.17, 15) is 24.9 Å². The number of ketones is 1. The number of unbranched alkanes of at least 4 members (excludes halogenated alkanes) is 4. The summed E-state index contributed by atoms with van der Waals surface area (Å²) in [5.74, 6) is -4.18. The molecular weight excluding hydrogens is 280 g/mol. The Labute approximate surface area is 122 Å². The van der Waals surface area contributed by atoms with Gasteiger partial charge in [-0.25, -0.2) is 4.79 Å². The number of rotatable bonds is 9. The van der Waals surface area contributed by atoms with Crippen molar-refractivity contribution in [1.29, 1.82) is 0 Å². The van der Waals surface area contributed by atoms with E-state index >= 15 is 0 Å². The number of hydrogen-bond donors (Lipinski definition) is 4. The van der Waals surface area contributed by atoms with Gasteiger partial charge in [0.15, 0.2) is 11.5 Å². The van der Waals surface area contributed by atoms with Gasteiger partial charge in [0.2, 0.25) is 5.76 Å². The number of carbonyl (C=O) groups excluding carboxylic acids is 2. The van der Waals surface area contributed by atoms with E-state index in [1.165, 1.54) is 0 Å². The summed E-state index contributed by atoms with van der Waals surface area (Å²) in [6.07, 6.45) is 2.47. The van der Waals surface area contributed by atoms with Crippen molar-refractivity contribution in [2.75, 3.05) is 6.61 Å². The van der Waals surface area contributed by atoms with Gasteiger partial charge in [0.05, 0.1) is 6.61 Å². The largest absolute Gasteiger partial charge is 0.505 e. The molecule has 2 atom stereocenters. The van der Waals surface area contributed by atoms with Crippen LogP contribution in [0.2, 0.25) is 0 Å². The Balaban J connectivity index is 2.81. The summed E-state index contributed by atoms with van der Waals surface area (Å²) in [5.41, 5.74) is -2.39. The molecule has 1 heterocycles. The molecule has 4 N–H and O–H groups in total. The summed E-state index contributed by atoms with van der Waals surface area (Å²) in [4.78, 5) is 23.6. The smallest absolute Gasteiger partial charge is 0.378 e. The Bertz CT molecular complexity index is 429. The molecule has 1 rings (SSSR count). The molecule has 1 aliphatic heterocycles. The van der Waals surface area contributed by atoms with Crippen molar-refractivity contribution < 1.29 is 34.8 Å². The van der Waals surface area contributed by atoms with E-state index in [2.05, 4.69) is 6.92 Å². The molecule has 0 aromatic rings. The number of ether oxygens (including phenoxy) is 1. The fourth-order valence-corrected chi connectivity index (χ4v) is 2.32. The summed E-state index contributed by atoms with van der Waals surface area (Å²) in [5, 5.41) is 37.9. The standard InChI is InChI=1S/C14H22O7/c1-2-3-4-5-6-7-9(16)14(10(17)8-15)12(19)11(18)13(20)21-14/h10,15,17-19H,2-8H2,1H3/t10-,14+/m0/s1. The summed E-state index contributed by atoms with van der Waals surface area (Å²) < 4.78 is 4.69. The number of esters is 1. The van der Waals surface area contributed by atoms with Gasteiger partial charge in [0.1, 0.15) is 6.10 Å². The molecule has 0 unspecified atom stereocenters. The minimum absolute atomic E-state index is 0.0363. The molecule has 21 heavy (non-hydrogen) atoms. The lowest BCUT2D eigenvalue weighted by molar-refractivity contribution is -0.173. The third-order valence-electron chi connectivity index (χ3n) is 3.59. The van der Waals surface area contributed by atoms with Crippen LogP contribution in [0.25, 0.3) is 0 Å². The van der Waals surface area contributed by atoms with Crippen LogP contribution in [-0.2, 0) is 14.3 Å². The van der Waals surface area contributed by atoms with E-state index in [1.807, 2.05) is 0 Å². The third-order valence-corrected chi connectivity index (χ3v) is 3.59. The number of aliphatic hydroxyl groups is 4. The first-order valence-electron chi connectivity index (χ1n) is 7.10. The van der Waals surface area contributed by atoms with E-state index in [-0.39, 0.29) is 6.42 Å². The Morgan fingerprint density at radius 3 is 2.33 bits per heavy atom. The number of Topliss-reactive ketones (excluding diaryl/α,β-unsaturated/α-hetero) is 1. The minimum atomic E-state index is -2.39. The van der Waals surface area contributed by atoms with E-state index in [0.29, 0.717) is 6.42 Å². The SMILES string of the molecule is CCCCCCCC(=O)[C@]1([C@@H](O)CO)OC(=O)C(O)=C1O. The average molecular weight is 302 g/mol. The number of aliphatic hydroxyl groups excluding tert-OH is 4. The molecule has 0 radical (unpaired) electrons. The number of cyclic esters (lactones) is 1. The van der Waals surface area contributed by atoms with Crippen molar-refractivity contribution in [2.24, 2.45) is 0 Å². The predicted octanol–water partition coefficient (Wildman–Crippen LogP) is 0.892. The lowest BCUT2D eigenvalue weighted by Crippen LogP contribution is -2.53. The molecule has 1 aliphatic rings. The average Bonchev–Trinajstić information content (AvgIpc) is 2.71. The lowest BCUT2D eigenvalue weighted by Gasteiger charge is -2.29. The molecule has 7 nitrogen and oxygen atoms in total. The van der Waals surface area contributed by atoms with E-state index < -0.39 is 41.6 Å². The molecule has 0 saturated heterocycles.